The smallest absolute Gasteiger partial charge is 0.155 e. The van der Waals surface area contributed by atoms with Crippen molar-refractivity contribution in [1.82, 2.24) is 20.1 Å². The molecule has 0 bridgehead atoms. The molecule has 1 aliphatic heterocycles. The highest BCUT2D eigenvalue weighted by Crippen LogP contribution is 2.31. The summed E-state index contributed by atoms with van der Waals surface area (Å²) >= 11 is 0. The number of fused-ring (bicyclic) bond motifs is 1. The van der Waals surface area contributed by atoms with Crippen LogP contribution >= 0.6 is 8.96 Å². The van der Waals surface area contributed by atoms with Crippen molar-refractivity contribution >= 4 is 20.0 Å². The second-order valence-corrected chi connectivity index (χ2v) is 4.85. The molecule has 0 saturated carbocycles. The van der Waals surface area contributed by atoms with Crippen molar-refractivity contribution in [3.8, 4) is 5.75 Å². The molecule has 1 fully saturated rings. The molecular formula is C10H13N4OP. The quantitative estimate of drug-likeness (QED) is 0.827. The van der Waals surface area contributed by atoms with Crippen molar-refractivity contribution in [2.75, 3.05) is 13.1 Å². The lowest BCUT2D eigenvalue weighted by Gasteiger charge is -2.14. The van der Waals surface area contributed by atoms with Crippen LogP contribution in [0, 0.1) is 0 Å². The number of hydrogen-bond acceptors (Lipinski definition) is 4. The van der Waals surface area contributed by atoms with Gasteiger partial charge >= 0.3 is 0 Å². The van der Waals surface area contributed by atoms with Crippen LogP contribution in [-0.2, 0) is 0 Å². The van der Waals surface area contributed by atoms with Crippen LogP contribution in [0.15, 0.2) is 18.2 Å². The van der Waals surface area contributed by atoms with Gasteiger partial charge in [0.2, 0.25) is 0 Å². The van der Waals surface area contributed by atoms with Crippen LogP contribution in [0.2, 0.25) is 0 Å². The first-order valence-corrected chi connectivity index (χ1v) is 6.26. The third-order valence-corrected chi connectivity index (χ3v) is 3.72. The number of hydrogen-bond donors (Lipinski definition) is 1. The zero-order chi connectivity index (χ0) is 10.8. The van der Waals surface area contributed by atoms with Gasteiger partial charge in [-0.15, -0.1) is 0 Å². The zero-order valence-electron chi connectivity index (χ0n) is 8.81. The largest absolute Gasteiger partial charge is 0.458 e. The first-order chi connectivity index (χ1) is 7.93. The highest BCUT2D eigenvalue weighted by Gasteiger charge is 2.13. The molecule has 1 aromatic carbocycles. The number of rotatable bonds is 3. The van der Waals surface area contributed by atoms with E-state index < -0.39 is 0 Å². The normalized spacial score (nSPS) is 17.8. The van der Waals surface area contributed by atoms with Crippen molar-refractivity contribution in [3.05, 3.63) is 18.2 Å². The van der Waals surface area contributed by atoms with Gasteiger partial charge in [0.15, 0.2) is 11.3 Å². The summed E-state index contributed by atoms with van der Waals surface area (Å²) < 4.78 is 8.12. The number of nitrogens with zero attached hydrogens (tertiary/aromatic N) is 3. The van der Waals surface area contributed by atoms with Gasteiger partial charge in [-0.05, 0) is 25.0 Å². The molecule has 1 aromatic heterocycles. The number of nitrogens with one attached hydrogen (secondary N) is 1. The van der Waals surface area contributed by atoms with Crippen molar-refractivity contribution in [2.24, 2.45) is 0 Å². The predicted molar refractivity (Wildman–Crippen MR) is 63.6 cm³/mol. The molecule has 0 amide bonds. The molecule has 1 unspecified atom stereocenters. The van der Waals surface area contributed by atoms with Crippen molar-refractivity contribution in [1.29, 1.82) is 0 Å². The minimum Gasteiger partial charge on any atom is -0.458 e. The number of H-pyrrole nitrogens is 1. The molecule has 1 N–H and O–H groups in total. The SMILES string of the molecule is c1cc(OPN2CCCC2)c2n[nH]nc2c1. The van der Waals surface area contributed by atoms with Crippen molar-refractivity contribution in [2.45, 2.75) is 12.8 Å². The zero-order valence-corrected chi connectivity index (χ0v) is 9.81. The van der Waals surface area contributed by atoms with Gasteiger partial charge in [0, 0.05) is 13.1 Å². The van der Waals surface area contributed by atoms with Crippen LogP contribution in [0.4, 0.5) is 0 Å². The van der Waals surface area contributed by atoms with E-state index >= 15 is 0 Å². The Morgan fingerprint density at radius 3 is 3.00 bits per heavy atom. The Bertz CT molecular complexity index is 480. The molecule has 0 spiro atoms. The Balaban J connectivity index is 1.75. The number of aromatic nitrogens is 3. The first-order valence-electron chi connectivity index (χ1n) is 5.40. The standard InChI is InChI=1S/C10H13N4OP/c1-2-7-14(6-1)16-15-9-5-3-4-8-10(9)12-13-11-8/h3-5,16H,1-2,6-7H2,(H,11,12,13). The van der Waals surface area contributed by atoms with Gasteiger partial charge in [0.05, 0.1) is 0 Å². The Morgan fingerprint density at radius 2 is 2.12 bits per heavy atom. The highest BCUT2D eigenvalue weighted by molar-refractivity contribution is 7.29. The van der Waals surface area contributed by atoms with Gasteiger partial charge in [0.25, 0.3) is 0 Å². The molecule has 5 nitrogen and oxygen atoms in total. The summed E-state index contributed by atoms with van der Waals surface area (Å²) in [5, 5.41) is 10.7. The minimum atomic E-state index is 0.391. The van der Waals surface area contributed by atoms with E-state index in [4.69, 9.17) is 4.52 Å². The van der Waals surface area contributed by atoms with Crippen molar-refractivity contribution in [3.63, 3.8) is 0 Å². The Kier molecular flexibility index (Phi) is 2.72. The summed E-state index contributed by atoms with van der Waals surface area (Å²) in [4.78, 5) is 0. The van der Waals surface area contributed by atoms with E-state index in [1.807, 2.05) is 18.2 Å². The van der Waals surface area contributed by atoms with E-state index in [0.717, 1.165) is 29.9 Å². The van der Waals surface area contributed by atoms with Crippen LogP contribution in [0.1, 0.15) is 12.8 Å². The van der Waals surface area contributed by atoms with E-state index in [1.54, 1.807) is 0 Å². The third-order valence-electron chi connectivity index (χ3n) is 2.70. The summed E-state index contributed by atoms with van der Waals surface area (Å²) in [5.74, 6) is 0.816. The maximum atomic E-state index is 5.79. The summed E-state index contributed by atoms with van der Waals surface area (Å²) in [5.41, 5.74) is 1.66. The van der Waals surface area contributed by atoms with Gasteiger partial charge in [0.1, 0.15) is 14.5 Å². The molecule has 0 radical (unpaired) electrons. The molecular weight excluding hydrogens is 223 g/mol. The maximum Gasteiger partial charge on any atom is 0.155 e. The van der Waals surface area contributed by atoms with Gasteiger partial charge in [-0.1, -0.05) is 6.07 Å². The van der Waals surface area contributed by atoms with E-state index in [-0.39, 0.29) is 0 Å². The fraction of sp³-hybridized carbons (Fsp3) is 0.400. The van der Waals surface area contributed by atoms with Crippen LogP contribution in [0.3, 0.4) is 0 Å². The number of para-hydroxylation sites is 1. The third kappa shape index (κ3) is 1.88. The Labute approximate surface area is 95.1 Å². The monoisotopic (exact) mass is 236 g/mol. The molecule has 0 aliphatic carbocycles. The second-order valence-electron chi connectivity index (χ2n) is 3.83. The Hall–Kier alpha value is -1.19. The van der Waals surface area contributed by atoms with Crippen LogP contribution in [0.5, 0.6) is 5.75 Å². The molecule has 2 heterocycles. The Morgan fingerprint density at radius 1 is 1.25 bits per heavy atom. The first kappa shape index (κ1) is 10.00. The van der Waals surface area contributed by atoms with Gasteiger partial charge in [-0.2, -0.15) is 15.4 Å². The predicted octanol–water partition coefficient (Wildman–Crippen LogP) is 1.94. The van der Waals surface area contributed by atoms with Gasteiger partial charge < -0.3 is 4.52 Å². The molecule has 84 valence electrons. The molecule has 1 saturated heterocycles. The number of benzene rings is 1. The van der Waals surface area contributed by atoms with Gasteiger partial charge in [-0.25, -0.2) is 0 Å². The van der Waals surface area contributed by atoms with E-state index in [9.17, 15) is 0 Å². The second kappa shape index (κ2) is 4.36. The average molecular weight is 236 g/mol. The van der Waals surface area contributed by atoms with E-state index in [2.05, 4.69) is 20.1 Å². The molecule has 3 rings (SSSR count). The fourth-order valence-corrected chi connectivity index (χ4v) is 2.74. The lowest BCUT2D eigenvalue weighted by atomic mass is 10.3. The molecule has 1 atom stereocenters. The summed E-state index contributed by atoms with van der Waals surface area (Å²) in [6.07, 6.45) is 2.56. The van der Waals surface area contributed by atoms with E-state index in [1.165, 1.54) is 12.8 Å². The molecule has 6 heteroatoms. The van der Waals surface area contributed by atoms with Crippen molar-refractivity contribution < 1.29 is 4.52 Å². The van der Waals surface area contributed by atoms with Crippen LogP contribution in [0.25, 0.3) is 11.0 Å². The lowest BCUT2D eigenvalue weighted by Crippen LogP contribution is -2.08. The number of aromatic amines is 1. The molecule has 16 heavy (non-hydrogen) atoms. The summed E-state index contributed by atoms with van der Waals surface area (Å²) in [6, 6.07) is 5.80. The van der Waals surface area contributed by atoms with Crippen LogP contribution < -0.4 is 4.52 Å². The minimum absolute atomic E-state index is 0.391. The topological polar surface area (TPSA) is 54.0 Å². The summed E-state index contributed by atoms with van der Waals surface area (Å²) in [6.45, 7) is 2.29. The molecule has 2 aromatic rings. The average Bonchev–Trinajstić information content (AvgIpc) is 2.97. The van der Waals surface area contributed by atoms with Crippen LogP contribution in [-0.4, -0.2) is 33.2 Å². The van der Waals surface area contributed by atoms with Gasteiger partial charge in [-0.3, -0.25) is 4.67 Å². The lowest BCUT2D eigenvalue weighted by molar-refractivity contribution is 0.503. The van der Waals surface area contributed by atoms with E-state index in [0.29, 0.717) is 8.96 Å². The fourth-order valence-electron chi connectivity index (χ4n) is 1.85. The molecule has 1 aliphatic rings. The highest BCUT2D eigenvalue weighted by atomic mass is 31.1. The maximum absolute atomic E-state index is 5.79. The summed E-state index contributed by atoms with van der Waals surface area (Å²) in [7, 11) is 0.391.